The summed E-state index contributed by atoms with van der Waals surface area (Å²) in [6.07, 6.45) is 0. The summed E-state index contributed by atoms with van der Waals surface area (Å²) in [6.45, 7) is 1.94. The molecule has 0 unspecified atom stereocenters. The van der Waals surface area contributed by atoms with Crippen molar-refractivity contribution in [3.05, 3.63) is 40.8 Å². The smallest absolute Gasteiger partial charge is 0.110 e. The van der Waals surface area contributed by atoms with Crippen molar-refractivity contribution in [2.24, 2.45) is 0 Å². The van der Waals surface area contributed by atoms with Crippen molar-refractivity contribution in [3.63, 3.8) is 0 Å². The van der Waals surface area contributed by atoms with E-state index < -0.39 is 0 Å². The molecule has 0 bridgehead atoms. The van der Waals surface area contributed by atoms with Crippen LogP contribution in [0.25, 0.3) is 11.3 Å². The molecule has 2 rings (SSSR count). The molecule has 0 aliphatic carbocycles. The van der Waals surface area contributed by atoms with Gasteiger partial charge >= 0.3 is 0 Å². The number of rotatable bonds is 1. The highest BCUT2D eigenvalue weighted by Crippen LogP contribution is 2.24. The third-order valence-electron chi connectivity index (χ3n) is 1.83. The van der Waals surface area contributed by atoms with Crippen molar-refractivity contribution in [1.29, 1.82) is 0 Å². The number of nitrogens with zero attached hydrogens (tertiary/aromatic N) is 1. The Kier molecular flexibility index (Phi) is 2.19. The molecule has 0 saturated heterocycles. The van der Waals surface area contributed by atoms with E-state index in [1.54, 1.807) is 0 Å². The SMILES string of the molecule is Cc1nc(-c2ccccc2)c(Br)[nH]1. The average Bonchev–Trinajstić information content (AvgIpc) is 2.47. The van der Waals surface area contributed by atoms with Crippen LogP contribution >= 0.6 is 15.9 Å². The van der Waals surface area contributed by atoms with E-state index in [1.807, 2.05) is 37.3 Å². The van der Waals surface area contributed by atoms with Gasteiger partial charge in [-0.05, 0) is 22.9 Å². The van der Waals surface area contributed by atoms with E-state index in [4.69, 9.17) is 0 Å². The van der Waals surface area contributed by atoms with E-state index in [0.29, 0.717) is 0 Å². The molecule has 0 atom stereocenters. The molecular weight excluding hydrogens is 228 g/mol. The van der Waals surface area contributed by atoms with Crippen LogP contribution in [0.4, 0.5) is 0 Å². The minimum absolute atomic E-state index is 0.922. The van der Waals surface area contributed by atoms with Gasteiger partial charge in [-0.15, -0.1) is 0 Å². The van der Waals surface area contributed by atoms with Gasteiger partial charge in [-0.2, -0.15) is 0 Å². The number of H-pyrrole nitrogens is 1. The van der Waals surface area contributed by atoms with Crippen LogP contribution in [0.1, 0.15) is 5.82 Å². The quantitative estimate of drug-likeness (QED) is 0.810. The molecule has 66 valence electrons. The van der Waals surface area contributed by atoms with Crippen molar-refractivity contribution >= 4 is 15.9 Å². The maximum atomic E-state index is 4.38. The Morgan fingerprint density at radius 2 is 1.92 bits per heavy atom. The van der Waals surface area contributed by atoms with Crippen molar-refractivity contribution in [3.8, 4) is 11.3 Å². The predicted molar refractivity (Wildman–Crippen MR) is 56.5 cm³/mol. The summed E-state index contributed by atoms with van der Waals surface area (Å²) in [5, 5.41) is 0. The maximum Gasteiger partial charge on any atom is 0.110 e. The molecule has 13 heavy (non-hydrogen) atoms. The zero-order valence-corrected chi connectivity index (χ0v) is 8.80. The van der Waals surface area contributed by atoms with Crippen LogP contribution in [-0.2, 0) is 0 Å². The number of nitrogens with one attached hydrogen (secondary N) is 1. The summed E-state index contributed by atoms with van der Waals surface area (Å²) in [5.41, 5.74) is 2.09. The van der Waals surface area contributed by atoms with Crippen LogP contribution in [0.5, 0.6) is 0 Å². The monoisotopic (exact) mass is 236 g/mol. The summed E-state index contributed by atoms with van der Waals surface area (Å²) in [7, 11) is 0. The number of aromatic nitrogens is 2. The summed E-state index contributed by atoms with van der Waals surface area (Å²) in [4.78, 5) is 7.49. The molecule has 0 fully saturated rings. The highest BCUT2D eigenvalue weighted by Gasteiger charge is 2.06. The number of aryl methyl sites for hydroxylation is 1. The first-order valence-corrected chi connectivity index (χ1v) is 4.84. The fraction of sp³-hybridized carbons (Fsp3) is 0.100. The number of aromatic amines is 1. The molecule has 2 nitrogen and oxygen atoms in total. The molecule has 0 radical (unpaired) electrons. The first-order chi connectivity index (χ1) is 6.27. The lowest BCUT2D eigenvalue weighted by atomic mass is 10.2. The lowest BCUT2D eigenvalue weighted by Gasteiger charge is -1.95. The van der Waals surface area contributed by atoms with Gasteiger partial charge in [0, 0.05) is 5.56 Å². The predicted octanol–water partition coefficient (Wildman–Crippen LogP) is 3.15. The van der Waals surface area contributed by atoms with E-state index in [1.165, 1.54) is 0 Å². The standard InChI is InChI=1S/C10H9BrN2/c1-7-12-9(10(11)13-7)8-5-3-2-4-6-8/h2-6H,1H3,(H,12,13). The normalized spacial score (nSPS) is 10.3. The van der Waals surface area contributed by atoms with Gasteiger partial charge in [0.1, 0.15) is 16.1 Å². The number of hydrogen-bond donors (Lipinski definition) is 1. The van der Waals surface area contributed by atoms with Crippen LogP contribution in [-0.4, -0.2) is 9.97 Å². The van der Waals surface area contributed by atoms with Crippen molar-refractivity contribution in [1.82, 2.24) is 9.97 Å². The molecule has 1 aromatic carbocycles. The highest BCUT2D eigenvalue weighted by atomic mass is 79.9. The van der Waals surface area contributed by atoms with E-state index in [-0.39, 0.29) is 0 Å². The Hall–Kier alpha value is -1.09. The Balaban J connectivity index is 2.53. The van der Waals surface area contributed by atoms with Crippen LogP contribution in [0.3, 0.4) is 0 Å². The Bertz CT molecular complexity index is 406. The largest absolute Gasteiger partial charge is 0.336 e. The zero-order chi connectivity index (χ0) is 9.26. The van der Waals surface area contributed by atoms with E-state index in [9.17, 15) is 0 Å². The van der Waals surface area contributed by atoms with E-state index in [2.05, 4.69) is 25.9 Å². The molecule has 3 heteroatoms. The highest BCUT2D eigenvalue weighted by molar-refractivity contribution is 9.10. The first-order valence-electron chi connectivity index (χ1n) is 4.05. The van der Waals surface area contributed by atoms with E-state index in [0.717, 1.165) is 21.7 Å². The second kappa shape index (κ2) is 3.34. The molecule has 0 saturated carbocycles. The lowest BCUT2D eigenvalue weighted by molar-refractivity contribution is 1.14. The van der Waals surface area contributed by atoms with Crippen molar-refractivity contribution < 1.29 is 0 Å². The average molecular weight is 237 g/mol. The van der Waals surface area contributed by atoms with Crippen LogP contribution in [0.15, 0.2) is 34.9 Å². The Labute approximate surface area is 85.1 Å². The third kappa shape index (κ3) is 1.65. The molecule has 1 heterocycles. The fourth-order valence-corrected chi connectivity index (χ4v) is 1.85. The lowest BCUT2D eigenvalue weighted by Crippen LogP contribution is -1.77. The van der Waals surface area contributed by atoms with Gasteiger partial charge in [0.05, 0.1) is 0 Å². The van der Waals surface area contributed by atoms with Gasteiger partial charge in [0.15, 0.2) is 0 Å². The van der Waals surface area contributed by atoms with Gasteiger partial charge in [-0.3, -0.25) is 0 Å². The van der Waals surface area contributed by atoms with E-state index >= 15 is 0 Å². The molecule has 2 aromatic rings. The second-order valence-corrected chi connectivity index (χ2v) is 3.64. The molecule has 0 amide bonds. The van der Waals surface area contributed by atoms with Crippen molar-refractivity contribution in [2.45, 2.75) is 6.92 Å². The first kappa shape index (κ1) is 8.51. The van der Waals surface area contributed by atoms with Gasteiger partial charge in [0.2, 0.25) is 0 Å². The molecule has 0 aliphatic rings. The fourth-order valence-electron chi connectivity index (χ4n) is 1.25. The van der Waals surface area contributed by atoms with Gasteiger partial charge in [-0.1, -0.05) is 30.3 Å². The van der Waals surface area contributed by atoms with Crippen molar-refractivity contribution in [2.75, 3.05) is 0 Å². The minimum Gasteiger partial charge on any atom is -0.336 e. The zero-order valence-electron chi connectivity index (χ0n) is 7.21. The number of imidazole rings is 1. The van der Waals surface area contributed by atoms with Gasteiger partial charge < -0.3 is 4.98 Å². The summed E-state index contributed by atoms with van der Waals surface area (Å²) in [6, 6.07) is 10.1. The molecule has 1 N–H and O–H groups in total. The third-order valence-corrected chi connectivity index (χ3v) is 2.40. The molecule has 0 spiro atoms. The second-order valence-electron chi connectivity index (χ2n) is 2.85. The molecule has 0 aliphatic heterocycles. The van der Waals surface area contributed by atoms with Crippen LogP contribution in [0.2, 0.25) is 0 Å². The topological polar surface area (TPSA) is 28.7 Å². The Morgan fingerprint density at radius 3 is 2.46 bits per heavy atom. The maximum absolute atomic E-state index is 4.38. The summed E-state index contributed by atoms with van der Waals surface area (Å²) >= 11 is 3.44. The van der Waals surface area contributed by atoms with Crippen LogP contribution < -0.4 is 0 Å². The van der Waals surface area contributed by atoms with Gasteiger partial charge in [-0.25, -0.2) is 4.98 Å². The number of benzene rings is 1. The minimum atomic E-state index is 0.922. The van der Waals surface area contributed by atoms with Crippen LogP contribution in [0, 0.1) is 6.92 Å². The number of halogens is 1. The Morgan fingerprint density at radius 1 is 1.23 bits per heavy atom. The molecule has 1 aromatic heterocycles. The van der Waals surface area contributed by atoms with Gasteiger partial charge in [0.25, 0.3) is 0 Å². The summed E-state index contributed by atoms with van der Waals surface area (Å²) < 4.78 is 0.941. The molecular formula is C10H9BrN2. The number of hydrogen-bond acceptors (Lipinski definition) is 1. The summed E-state index contributed by atoms with van der Waals surface area (Å²) in [5.74, 6) is 0.922.